The number of thiazole rings is 1. The highest BCUT2D eigenvalue weighted by molar-refractivity contribution is 8.00. The Kier molecular flexibility index (Phi) is 4.27. The average Bonchev–Trinajstić information content (AvgIpc) is 3.03. The topological polar surface area (TPSA) is 60.5 Å². The highest BCUT2D eigenvalue weighted by Gasteiger charge is 2.34. The second-order valence-electron chi connectivity index (χ2n) is 5.66. The van der Waals surface area contributed by atoms with Crippen LogP contribution in [0, 0.1) is 0 Å². The minimum absolute atomic E-state index is 0.226. The van der Waals surface area contributed by atoms with E-state index >= 15 is 0 Å². The molecule has 0 saturated carbocycles. The lowest BCUT2D eigenvalue weighted by Gasteiger charge is -2.31. The lowest BCUT2D eigenvalue weighted by Crippen LogP contribution is -2.46. The van der Waals surface area contributed by atoms with Crippen LogP contribution >= 0.6 is 23.1 Å². The third kappa shape index (κ3) is 3.17. The van der Waals surface area contributed by atoms with Crippen LogP contribution in [0.5, 0.6) is 11.5 Å². The number of para-hydroxylation sites is 2. The maximum atomic E-state index is 12.7. The zero-order valence-electron chi connectivity index (χ0n) is 13.7. The number of carbonyl (C=O) groups is 1. The number of carbonyl (C=O) groups excluding carboxylic acids is 1. The van der Waals surface area contributed by atoms with Crippen molar-refractivity contribution in [1.82, 2.24) is 4.98 Å². The number of aromatic nitrogens is 1. The number of hydrogen-bond acceptors (Lipinski definition) is 6. The predicted molar refractivity (Wildman–Crippen MR) is 101 cm³/mol. The predicted octanol–water partition coefficient (Wildman–Crippen LogP) is 4.19. The summed E-state index contributed by atoms with van der Waals surface area (Å²) in [5, 5.41) is 2.92. The zero-order chi connectivity index (χ0) is 17.4. The first kappa shape index (κ1) is 16.2. The van der Waals surface area contributed by atoms with Crippen LogP contribution in [0.15, 0.2) is 46.8 Å². The number of nitrogens with one attached hydrogen (secondary N) is 1. The van der Waals surface area contributed by atoms with Gasteiger partial charge in [0.2, 0.25) is 6.10 Å². The molecule has 7 heteroatoms. The van der Waals surface area contributed by atoms with Gasteiger partial charge >= 0.3 is 0 Å². The second-order valence-corrected chi connectivity index (χ2v) is 7.75. The molecule has 0 spiro atoms. The van der Waals surface area contributed by atoms with E-state index in [1.54, 1.807) is 29.2 Å². The van der Waals surface area contributed by atoms with Gasteiger partial charge in [-0.15, -0.1) is 11.3 Å². The number of thioether (sulfide) groups is 1. The van der Waals surface area contributed by atoms with Crippen LogP contribution < -0.4 is 14.8 Å². The summed E-state index contributed by atoms with van der Waals surface area (Å²) in [6, 6.07) is 13.1. The molecule has 2 heterocycles. The number of amides is 1. The van der Waals surface area contributed by atoms with E-state index in [2.05, 4.69) is 10.3 Å². The van der Waals surface area contributed by atoms with Gasteiger partial charge in [-0.1, -0.05) is 23.9 Å². The van der Waals surface area contributed by atoms with Gasteiger partial charge in [0.1, 0.15) is 6.10 Å². The number of anilines is 1. The quantitative estimate of drug-likeness (QED) is 0.699. The SMILES string of the molecule is CSc1nc2ccc(NC(=O)C3Oc4ccccc4OC3C)cc2s1. The first-order chi connectivity index (χ1) is 12.1. The van der Waals surface area contributed by atoms with Gasteiger partial charge in [0.25, 0.3) is 5.91 Å². The molecule has 5 nitrogen and oxygen atoms in total. The summed E-state index contributed by atoms with van der Waals surface area (Å²) >= 11 is 3.22. The van der Waals surface area contributed by atoms with E-state index in [9.17, 15) is 4.79 Å². The molecule has 128 valence electrons. The molecule has 2 atom stereocenters. The Morgan fingerprint density at radius 3 is 2.72 bits per heavy atom. The van der Waals surface area contributed by atoms with E-state index in [1.807, 2.05) is 49.6 Å². The fourth-order valence-corrected chi connectivity index (χ4v) is 4.22. The Morgan fingerprint density at radius 2 is 1.96 bits per heavy atom. The Hall–Kier alpha value is -2.25. The van der Waals surface area contributed by atoms with Gasteiger partial charge in [-0.2, -0.15) is 0 Å². The van der Waals surface area contributed by atoms with Crippen molar-refractivity contribution in [2.24, 2.45) is 0 Å². The van der Waals surface area contributed by atoms with Crippen molar-refractivity contribution in [3.05, 3.63) is 42.5 Å². The molecule has 0 fully saturated rings. The van der Waals surface area contributed by atoms with E-state index in [1.165, 1.54) is 0 Å². The molecule has 1 aliphatic rings. The van der Waals surface area contributed by atoms with Crippen molar-refractivity contribution < 1.29 is 14.3 Å². The minimum atomic E-state index is -0.700. The lowest BCUT2D eigenvalue weighted by molar-refractivity contribution is -0.128. The monoisotopic (exact) mass is 372 g/mol. The Morgan fingerprint density at radius 1 is 1.20 bits per heavy atom. The first-order valence-electron chi connectivity index (χ1n) is 7.82. The second kappa shape index (κ2) is 6.57. The number of rotatable bonds is 3. The molecule has 0 aliphatic carbocycles. The van der Waals surface area contributed by atoms with E-state index < -0.39 is 6.10 Å². The summed E-state index contributed by atoms with van der Waals surface area (Å²) in [6.45, 7) is 1.83. The van der Waals surface area contributed by atoms with Gasteiger partial charge < -0.3 is 14.8 Å². The summed E-state index contributed by atoms with van der Waals surface area (Å²) in [4.78, 5) is 17.2. The number of nitrogens with zero attached hydrogens (tertiary/aromatic N) is 1. The maximum absolute atomic E-state index is 12.7. The Bertz CT molecular complexity index is 941. The fraction of sp³-hybridized carbons (Fsp3) is 0.222. The molecular formula is C18H16N2O3S2. The van der Waals surface area contributed by atoms with Crippen LogP contribution in [0.4, 0.5) is 5.69 Å². The van der Waals surface area contributed by atoms with Crippen molar-refractivity contribution in [3.63, 3.8) is 0 Å². The molecular weight excluding hydrogens is 356 g/mol. The highest BCUT2D eigenvalue weighted by atomic mass is 32.2. The van der Waals surface area contributed by atoms with Gasteiger partial charge in [-0.3, -0.25) is 4.79 Å². The van der Waals surface area contributed by atoms with Crippen LogP contribution in [0.2, 0.25) is 0 Å². The molecule has 1 N–H and O–H groups in total. The minimum Gasteiger partial charge on any atom is -0.482 e. The van der Waals surface area contributed by atoms with Gasteiger partial charge in [-0.05, 0) is 43.5 Å². The molecule has 25 heavy (non-hydrogen) atoms. The number of fused-ring (bicyclic) bond motifs is 2. The molecule has 2 aromatic carbocycles. The van der Waals surface area contributed by atoms with Crippen LogP contribution in [0.1, 0.15) is 6.92 Å². The van der Waals surface area contributed by atoms with Crippen molar-refractivity contribution in [3.8, 4) is 11.5 Å². The molecule has 2 unspecified atom stereocenters. The van der Waals surface area contributed by atoms with Crippen LogP contribution in [-0.2, 0) is 4.79 Å². The first-order valence-corrected chi connectivity index (χ1v) is 9.86. The summed E-state index contributed by atoms with van der Waals surface area (Å²) in [5.74, 6) is 1.02. The van der Waals surface area contributed by atoms with Crippen LogP contribution in [-0.4, -0.2) is 29.4 Å². The van der Waals surface area contributed by atoms with Crippen molar-refractivity contribution in [2.45, 2.75) is 23.5 Å². The van der Waals surface area contributed by atoms with E-state index in [4.69, 9.17) is 9.47 Å². The number of benzene rings is 2. The van der Waals surface area contributed by atoms with Gasteiger partial charge in [0, 0.05) is 5.69 Å². The summed E-state index contributed by atoms with van der Waals surface area (Å²) in [6.07, 6.45) is 0.930. The molecule has 0 saturated heterocycles. The third-order valence-electron chi connectivity index (χ3n) is 3.91. The largest absolute Gasteiger partial charge is 0.482 e. The normalized spacial score (nSPS) is 19.0. The van der Waals surface area contributed by atoms with Gasteiger partial charge in [0.15, 0.2) is 15.8 Å². The number of ether oxygens (including phenoxy) is 2. The highest BCUT2D eigenvalue weighted by Crippen LogP contribution is 2.34. The van der Waals surface area contributed by atoms with E-state index in [0.717, 1.165) is 20.2 Å². The zero-order valence-corrected chi connectivity index (χ0v) is 15.3. The molecule has 0 bridgehead atoms. The van der Waals surface area contributed by atoms with Crippen molar-refractivity contribution in [1.29, 1.82) is 0 Å². The summed E-state index contributed by atoms with van der Waals surface area (Å²) < 4.78 is 13.7. The molecule has 1 amide bonds. The molecule has 0 radical (unpaired) electrons. The van der Waals surface area contributed by atoms with E-state index in [0.29, 0.717) is 11.5 Å². The lowest BCUT2D eigenvalue weighted by atomic mass is 10.1. The third-order valence-corrected chi connectivity index (χ3v) is 5.92. The molecule has 1 aliphatic heterocycles. The summed E-state index contributed by atoms with van der Waals surface area (Å²) in [5.41, 5.74) is 1.66. The van der Waals surface area contributed by atoms with E-state index in [-0.39, 0.29) is 12.0 Å². The van der Waals surface area contributed by atoms with Crippen LogP contribution in [0.25, 0.3) is 10.2 Å². The van der Waals surface area contributed by atoms with Gasteiger partial charge in [-0.25, -0.2) is 4.98 Å². The number of hydrogen-bond donors (Lipinski definition) is 1. The standard InChI is InChI=1S/C18H16N2O3S2/c1-10-16(23-14-6-4-3-5-13(14)22-10)17(21)19-11-7-8-12-15(9-11)25-18(20-12)24-2/h3-10,16H,1-2H3,(H,19,21). The average molecular weight is 372 g/mol. The smallest absolute Gasteiger partial charge is 0.269 e. The Labute approximate surface area is 153 Å². The Balaban J connectivity index is 1.53. The van der Waals surface area contributed by atoms with Crippen molar-refractivity contribution >= 4 is 44.9 Å². The molecule has 1 aromatic heterocycles. The van der Waals surface area contributed by atoms with Gasteiger partial charge in [0.05, 0.1) is 10.2 Å². The van der Waals surface area contributed by atoms with Crippen LogP contribution in [0.3, 0.4) is 0 Å². The summed E-state index contributed by atoms with van der Waals surface area (Å²) in [7, 11) is 0. The maximum Gasteiger partial charge on any atom is 0.269 e. The molecule has 4 rings (SSSR count). The molecule has 3 aromatic rings. The van der Waals surface area contributed by atoms with Crippen molar-refractivity contribution in [2.75, 3.05) is 11.6 Å². The fourth-order valence-electron chi connectivity index (χ4n) is 2.69.